The van der Waals surface area contributed by atoms with Crippen LogP contribution in [0.5, 0.6) is 0 Å². The fraction of sp³-hybridized carbons (Fsp3) is 0.286. The number of aryl methyl sites for hydroxylation is 1. The van der Waals surface area contributed by atoms with E-state index in [-0.39, 0.29) is 23.3 Å². The Morgan fingerprint density at radius 2 is 2.09 bits per heavy atom. The van der Waals surface area contributed by atoms with Crippen LogP contribution in [0, 0.1) is 12.7 Å². The molecule has 5 rings (SSSR count). The minimum atomic E-state index is -0.703. The minimum absolute atomic E-state index is 0.0108. The number of carbonyl (C=O) groups is 2. The molecule has 4 N–H and O–H groups in total. The lowest BCUT2D eigenvalue weighted by atomic mass is 10.1. The quantitative estimate of drug-likeness (QED) is 0.437. The first kappa shape index (κ1) is 20.1. The smallest absolute Gasteiger partial charge is 0.255 e. The molecule has 164 valence electrons. The number of halogens is 1. The fourth-order valence-electron chi connectivity index (χ4n) is 3.88. The summed E-state index contributed by atoms with van der Waals surface area (Å²) in [6, 6.07) is 2.26. The summed E-state index contributed by atoms with van der Waals surface area (Å²) in [5.41, 5.74) is 8.42. The summed E-state index contributed by atoms with van der Waals surface area (Å²) < 4.78 is 15.3. The van der Waals surface area contributed by atoms with Crippen molar-refractivity contribution in [1.29, 1.82) is 0 Å². The van der Waals surface area contributed by atoms with Gasteiger partial charge in [0.05, 0.1) is 17.3 Å². The molecule has 11 heteroatoms. The Morgan fingerprint density at radius 3 is 2.84 bits per heavy atom. The molecule has 0 spiro atoms. The zero-order valence-corrected chi connectivity index (χ0v) is 17.5. The Kier molecular flexibility index (Phi) is 4.63. The molecule has 1 aliphatic heterocycles. The Balaban J connectivity index is 1.46. The van der Waals surface area contributed by atoms with Crippen LogP contribution in [0.3, 0.4) is 0 Å². The fourth-order valence-corrected chi connectivity index (χ4v) is 3.88. The molecule has 4 aromatic heterocycles. The van der Waals surface area contributed by atoms with Gasteiger partial charge in [-0.2, -0.15) is 0 Å². The molecule has 5 heterocycles. The van der Waals surface area contributed by atoms with Gasteiger partial charge in [-0.15, -0.1) is 0 Å². The molecular weight excluding hydrogens is 415 g/mol. The van der Waals surface area contributed by atoms with Gasteiger partial charge in [-0.05, 0) is 26.0 Å². The third kappa shape index (κ3) is 3.26. The highest BCUT2D eigenvalue weighted by Gasteiger charge is 2.31. The largest absolute Gasteiger partial charge is 0.344 e. The number of likely N-dealkylation sites (tertiary alicyclic amines) is 1. The van der Waals surface area contributed by atoms with Crippen molar-refractivity contribution in [2.75, 3.05) is 13.1 Å². The monoisotopic (exact) mass is 436 g/mol. The molecule has 1 fully saturated rings. The maximum atomic E-state index is 13.6. The lowest BCUT2D eigenvalue weighted by Crippen LogP contribution is -2.61. The summed E-state index contributed by atoms with van der Waals surface area (Å²) in [6.45, 7) is 4.38. The van der Waals surface area contributed by atoms with Gasteiger partial charge in [-0.1, -0.05) is 0 Å². The second-order valence-electron chi connectivity index (χ2n) is 7.96. The van der Waals surface area contributed by atoms with Crippen molar-refractivity contribution < 1.29 is 14.0 Å². The van der Waals surface area contributed by atoms with Crippen LogP contribution in [0.4, 0.5) is 4.39 Å². The van der Waals surface area contributed by atoms with Gasteiger partial charge < -0.3 is 25.3 Å². The van der Waals surface area contributed by atoms with Crippen LogP contribution < -0.4 is 11.1 Å². The molecule has 0 aliphatic carbocycles. The highest BCUT2D eigenvalue weighted by molar-refractivity contribution is 6.06. The number of nitrogens with one attached hydrogen (secondary N) is 2. The van der Waals surface area contributed by atoms with Crippen LogP contribution in [0.2, 0.25) is 0 Å². The number of aromatic amines is 1. The molecule has 0 saturated carbocycles. The number of fused-ring (bicyclic) bond motifs is 2. The average Bonchev–Trinajstić information content (AvgIpc) is 3.31. The Morgan fingerprint density at radius 1 is 1.31 bits per heavy atom. The molecule has 0 bridgehead atoms. The van der Waals surface area contributed by atoms with Crippen LogP contribution in [0.1, 0.15) is 23.1 Å². The van der Waals surface area contributed by atoms with Crippen LogP contribution in [0.25, 0.3) is 28.1 Å². The summed E-state index contributed by atoms with van der Waals surface area (Å²) in [5.74, 6) is -0.402. The van der Waals surface area contributed by atoms with Gasteiger partial charge in [-0.25, -0.2) is 19.3 Å². The second kappa shape index (κ2) is 7.38. The first-order chi connectivity index (χ1) is 15.3. The number of nitrogens with two attached hydrogens (primary N) is 1. The van der Waals surface area contributed by atoms with Crippen molar-refractivity contribution >= 4 is 28.5 Å². The van der Waals surface area contributed by atoms with E-state index >= 15 is 0 Å². The van der Waals surface area contributed by atoms with Crippen LogP contribution in [-0.2, 0) is 4.79 Å². The van der Waals surface area contributed by atoms with Gasteiger partial charge in [-0.3, -0.25) is 9.59 Å². The second-order valence-corrected chi connectivity index (χ2v) is 7.96. The van der Waals surface area contributed by atoms with Gasteiger partial charge in [0.25, 0.3) is 5.91 Å². The van der Waals surface area contributed by atoms with Crippen molar-refractivity contribution in [1.82, 2.24) is 34.6 Å². The highest BCUT2D eigenvalue weighted by Crippen LogP contribution is 2.25. The lowest BCUT2D eigenvalue weighted by molar-refractivity contribution is -0.137. The van der Waals surface area contributed by atoms with Crippen LogP contribution in [0.15, 0.2) is 30.7 Å². The summed E-state index contributed by atoms with van der Waals surface area (Å²) >= 11 is 0. The van der Waals surface area contributed by atoms with E-state index in [4.69, 9.17) is 5.73 Å². The summed E-state index contributed by atoms with van der Waals surface area (Å²) in [7, 11) is 0. The average molecular weight is 436 g/mol. The van der Waals surface area contributed by atoms with E-state index in [2.05, 4.69) is 25.3 Å². The predicted octanol–water partition coefficient (Wildman–Crippen LogP) is 1.01. The van der Waals surface area contributed by atoms with Crippen molar-refractivity contribution in [3.8, 4) is 11.4 Å². The SMILES string of the molecule is Cc1nc(-c2cnc3[nH]cc(C(=O)N[C@H](C)C(=O)N4CC(N)C4)c3n2)c2ccc(F)cn12. The van der Waals surface area contributed by atoms with Gasteiger partial charge in [0.15, 0.2) is 5.65 Å². The number of rotatable bonds is 4. The number of carbonyl (C=O) groups excluding carboxylic acids is 2. The van der Waals surface area contributed by atoms with Gasteiger partial charge in [0, 0.05) is 31.5 Å². The van der Waals surface area contributed by atoms with E-state index in [1.165, 1.54) is 18.5 Å². The topological polar surface area (TPSA) is 134 Å². The first-order valence-corrected chi connectivity index (χ1v) is 10.2. The zero-order chi connectivity index (χ0) is 22.6. The van der Waals surface area contributed by atoms with Crippen molar-refractivity contribution in [2.45, 2.75) is 25.9 Å². The maximum absolute atomic E-state index is 13.6. The molecule has 1 atom stereocenters. The molecular formula is C21H21FN8O2. The number of hydrogen-bond donors (Lipinski definition) is 3. The highest BCUT2D eigenvalue weighted by atomic mass is 19.1. The number of imidazole rings is 1. The van der Waals surface area contributed by atoms with E-state index in [9.17, 15) is 14.0 Å². The van der Waals surface area contributed by atoms with Gasteiger partial charge >= 0.3 is 0 Å². The zero-order valence-electron chi connectivity index (χ0n) is 17.5. The number of pyridine rings is 1. The van der Waals surface area contributed by atoms with Gasteiger partial charge in [0.2, 0.25) is 5.91 Å². The molecule has 32 heavy (non-hydrogen) atoms. The maximum Gasteiger partial charge on any atom is 0.255 e. The third-order valence-electron chi connectivity index (χ3n) is 5.58. The first-order valence-electron chi connectivity index (χ1n) is 10.2. The number of hydrogen-bond acceptors (Lipinski definition) is 6. The van der Waals surface area contributed by atoms with Gasteiger partial charge in [0.1, 0.15) is 34.6 Å². The van der Waals surface area contributed by atoms with E-state index < -0.39 is 11.9 Å². The predicted molar refractivity (Wildman–Crippen MR) is 114 cm³/mol. The summed E-state index contributed by atoms with van der Waals surface area (Å²) in [4.78, 5) is 43.3. The van der Waals surface area contributed by atoms with E-state index in [0.29, 0.717) is 47.0 Å². The van der Waals surface area contributed by atoms with E-state index in [1.807, 2.05) is 0 Å². The molecule has 0 aromatic carbocycles. The molecule has 0 unspecified atom stereocenters. The number of H-pyrrole nitrogens is 1. The lowest BCUT2D eigenvalue weighted by Gasteiger charge is -2.38. The van der Waals surface area contributed by atoms with Crippen molar-refractivity contribution in [2.24, 2.45) is 5.73 Å². The number of nitrogens with zero attached hydrogens (tertiary/aromatic N) is 5. The summed E-state index contributed by atoms with van der Waals surface area (Å²) in [5, 5.41) is 2.72. The molecule has 10 nitrogen and oxygen atoms in total. The standard InChI is InChI=1S/C21H21FN8O2/c1-10(21(32)29-8-13(23)9-29)26-20(31)14-5-24-19-17(14)28-15(6-25-19)18-16-4-3-12(22)7-30(16)11(2)27-18/h3-7,10,13H,8-9,23H2,1-2H3,(H,24,25)(H,26,31)/t10-/m1/s1. The molecule has 2 amide bonds. The number of aromatic nitrogens is 5. The van der Waals surface area contributed by atoms with E-state index in [0.717, 1.165) is 0 Å². The van der Waals surface area contributed by atoms with E-state index in [1.54, 1.807) is 35.4 Å². The molecule has 1 aliphatic rings. The third-order valence-corrected chi connectivity index (χ3v) is 5.58. The summed E-state index contributed by atoms with van der Waals surface area (Å²) in [6.07, 6.45) is 4.41. The molecule has 0 radical (unpaired) electrons. The Hall–Kier alpha value is -3.86. The van der Waals surface area contributed by atoms with Crippen molar-refractivity contribution in [3.05, 3.63) is 47.9 Å². The Labute approximate surface area is 181 Å². The van der Waals surface area contributed by atoms with Crippen molar-refractivity contribution in [3.63, 3.8) is 0 Å². The minimum Gasteiger partial charge on any atom is -0.344 e. The molecule has 1 saturated heterocycles. The normalized spacial score (nSPS) is 15.2. The van der Waals surface area contributed by atoms with Crippen LogP contribution >= 0.6 is 0 Å². The number of amides is 2. The van der Waals surface area contributed by atoms with Crippen LogP contribution in [-0.4, -0.2) is 66.2 Å². The Bertz CT molecular complexity index is 1370. The molecule has 4 aromatic rings.